The molecule has 0 aliphatic carbocycles. The zero-order valence-corrected chi connectivity index (χ0v) is 14.3. The first-order valence-electron chi connectivity index (χ1n) is 8.40. The minimum Gasteiger partial charge on any atom is -0.346 e. The van der Waals surface area contributed by atoms with Gasteiger partial charge in [-0.15, -0.1) is 0 Å². The van der Waals surface area contributed by atoms with Crippen molar-refractivity contribution in [1.29, 1.82) is 0 Å². The number of carbonyl (C=O) groups is 1. The standard InChI is InChI=1S/C21H15FN4O/c22-14-7-8-16-17(21(27)25-13-15-5-1-3-9-23-15)12-20(26-19(16)11-14)18-6-2-4-10-24-18/h1-12H,13H2,(H,25,27). The highest BCUT2D eigenvalue weighted by molar-refractivity contribution is 6.07. The third-order valence-corrected chi connectivity index (χ3v) is 4.10. The third kappa shape index (κ3) is 3.64. The van der Waals surface area contributed by atoms with Crippen molar-refractivity contribution in [3.63, 3.8) is 0 Å². The predicted molar refractivity (Wildman–Crippen MR) is 100 cm³/mol. The van der Waals surface area contributed by atoms with Gasteiger partial charge in [0.1, 0.15) is 5.82 Å². The zero-order chi connectivity index (χ0) is 18.6. The zero-order valence-electron chi connectivity index (χ0n) is 14.3. The van der Waals surface area contributed by atoms with Gasteiger partial charge >= 0.3 is 0 Å². The number of aromatic nitrogens is 3. The maximum absolute atomic E-state index is 13.7. The van der Waals surface area contributed by atoms with Gasteiger partial charge in [-0.3, -0.25) is 14.8 Å². The van der Waals surface area contributed by atoms with Gasteiger partial charge in [0.05, 0.1) is 34.7 Å². The average molecular weight is 358 g/mol. The molecule has 0 aliphatic heterocycles. The maximum atomic E-state index is 13.7. The van der Waals surface area contributed by atoms with E-state index in [4.69, 9.17) is 0 Å². The molecule has 0 spiro atoms. The van der Waals surface area contributed by atoms with Crippen molar-refractivity contribution in [2.75, 3.05) is 0 Å². The number of hydrogen-bond donors (Lipinski definition) is 1. The van der Waals surface area contributed by atoms with Crippen LogP contribution in [0.1, 0.15) is 16.1 Å². The lowest BCUT2D eigenvalue weighted by Crippen LogP contribution is -2.23. The van der Waals surface area contributed by atoms with E-state index < -0.39 is 5.82 Å². The molecule has 1 aromatic carbocycles. The number of hydrogen-bond acceptors (Lipinski definition) is 4. The molecule has 0 aliphatic rings. The molecule has 0 unspecified atom stereocenters. The lowest BCUT2D eigenvalue weighted by Gasteiger charge is -2.10. The van der Waals surface area contributed by atoms with Crippen LogP contribution in [-0.4, -0.2) is 20.9 Å². The van der Waals surface area contributed by atoms with Gasteiger partial charge in [-0.25, -0.2) is 9.37 Å². The maximum Gasteiger partial charge on any atom is 0.252 e. The van der Waals surface area contributed by atoms with E-state index in [1.165, 1.54) is 12.1 Å². The summed E-state index contributed by atoms with van der Waals surface area (Å²) in [6.07, 6.45) is 3.32. The summed E-state index contributed by atoms with van der Waals surface area (Å²) in [7, 11) is 0. The van der Waals surface area contributed by atoms with Crippen LogP contribution in [0.3, 0.4) is 0 Å². The number of pyridine rings is 3. The van der Waals surface area contributed by atoms with Crippen LogP contribution >= 0.6 is 0 Å². The summed E-state index contributed by atoms with van der Waals surface area (Å²) in [6.45, 7) is 0.295. The molecule has 4 rings (SSSR count). The normalized spacial score (nSPS) is 10.7. The molecule has 1 amide bonds. The molecule has 1 N–H and O–H groups in total. The van der Waals surface area contributed by atoms with Crippen LogP contribution in [0.2, 0.25) is 0 Å². The highest BCUT2D eigenvalue weighted by atomic mass is 19.1. The summed E-state index contributed by atoms with van der Waals surface area (Å²) in [6, 6.07) is 16.8. The topological polar surface area (TPSA) is 67.8 Å². The highest BCUT2D eigenvalue weighted by Gasteiger charge is 2.15. The Morgan fingerprint density at radius 1 is 0.926 bits per heavy atom. The Morgan fingerprint density at radius 2 is 1.74 bits per heavy atom. The van der Waals surface area contributed by atoms with Crippen molar-refractivity contribution in [3.05, 3.63) is 90.1 Å². The van der Waals surface area contributed by atoms with Crippen molar-refractivity contribution in [2.24, 2.45) is 0 Å². The average Bonchev–Trinajstić information content (AvgIpc) is 2.72. The Kier molecular flexibility index (Phi) is 4.53. The molecule has 3 aromatic heterocycles. The van der Waals surface area contributed by atoms with Gasteiger partial charge in [0.25, 0.3) is 5.91 Å². The molecule has 0 radical (unpaired) electrons. The van der Waals surface area contributed by atoms with E-state index in [0.29, 0.717) is 34.4 Å². The summed E-state index contributed by atoms with van der Waals surface area (Å²) in [4.78, 5) is 25.8. The fourth-order valence-corrected chi connectivity index (χ4v) is 2.80. The van der Waals surface area contributed by atoms with Crippen LogP contribution in [0.15, 0.2) is 73.1 Å². The van der Waals surface area contributed by atoms with Crippen LogP contribution in [0.25, 0.3) is 22.3 Å². The number of nitrogens with one attached hydrogen (secondary N) is 1. The van der Waals surface area contributed by atoms with E-state index in [1.807, 2.05) is 24.3 Å². The predicted octanol–water partition coefficient (Wildman–Crippen LogP) is 3.76. The van der Waals surface area contributed by atoms with E-state index in [0.717, 1.165) is 5.69 Å². The minimum absolute atomic E-state index is 0.281. The van der Waals surface area contributed by atoms with E-state index >= 15 is 0 Å². The second-order valence-corrected chi connectivity index (χ2v) is 5.94. The summed E-state index contributed by atoms with van der Waals surface area (Å²) < 4.78 is 13.7. The molecular formula is C21H15FN4O. The fourth-order valence-electron chi connectivity index (χ4n) is 2.80. The fraction of sp³-hybridized carbons (Fsp3) is 0.0476. The summed E-state index contributed by atoms with van der Waals surface area (Å²) >= 11 is 0. The summed E-state index contributed by atoms with van der Waals surface area (Å²) in [5, 5.41) is 3.44. The molecule has 27 heavy (non-hydrogen) atoms. The molecule has 5 nitrogen and oxygen atoms in total. The van der Waals surface area contributed by atoms with Crippen LogP contribution in [-0.2, 0) is 6.54 Å². The van der Waals surface area contributed by atoms with Crippen molar-refractivity contribution in [1.82, 2.24) is 20.3 Å². The molecule has 3 heterocycles. The quantitative estimate of drug-likeness (QED) is 0.603. The molecule has 6 heteroatoms. The number of carbonyl (C=O) groups excluding carboxylic acids is 1. The second kappa shape index (κ2) is 7.29. The van der Waals surface area contributed by atoms with Gasteiger partial charge < -0.3 is 5.32 Å². The van der Waals surface area contributed by atoms with Crippen molar-refractivity contribution < 1.29 is 9.18 Å². The van der Waals surface area contributed by atoms with E-state index in [1.54, 1.807) is 36.7 Å². The van der Waals surface area contributed by atoms with Crippen molar-refractivity contribution in [2.45, 2.75) is 6.54 Å². The monoisotopic (exact) mass is 358 g/mol. The van der Waals surface area contributed by atoms with Gasteiger partial charge in [-0.1, -0.05) is 12.1 Å². The highest BCUT2D eigenvalue weighted by Crippen LogP contribution is 2.24. The number of fused-ring (bicyclic) bond motifs is 1. The van der Waals surface area contributed by atoms with Crippen molar-refractivity contribution >= 4 is 16.8 Å². The smallest absolute Gasteiger partial charge is 0.252 e. The largest absolute Gasteiger partial charge is 0.346 e. The Morgan fingerprint density at radius 3 is 2.48 bits per heavy atom. The Bertz CT molecular complexity index is 1100. The van der Waals surface area contributed by atoms with Crippen LogP contribution in [0, 0.1) is 5.82 Å². The van der Waals surface area contributed by atoms with Gasteiger partial charge in [0.2, 0.25) is 0 Å². The van der Waals surface area contributed by atoms with Gasteiger partial charge in [-0.05, 0) is 42.5 Å². The van der Waals surface area contributed by atoms with Crippen LogP contribution in [0.5, 0.6) is 0 Å². The number of benzene rings is 1. The molecule has 0 saturated heterocycles. The van der Waals surface area contributed by atoms with Crippen molar-refractivity contribution in [3.8, 4) is 11.4 Å². The first-order valence-corrected chi connectivity index (χ1v) is 8.40. The lowest BCUT2D eigenvalue weighted by molar-refractivity contribution is 0.0952. The first-order chi connectivity index (χ1) is 13.2. The Labute approximate surface area is 154 Å². The third-order valence-electron chi connectivity index (χ3n) is 4.10. The minimum atomic E-state index is -0.409. The van der Waals surface area contributed by atoms with E-state index in [9.17, 15) is 9.18 Å². The number of nitrogens with zero attached hydrogens (tertiary/aromatic N) is 3. The molecule has 4 aromatic rings. The first kappa shape index (κ1) is 16.8. The van der Waals surface area contributed by atoms with Crippen LogP contribution in [0.4, 0.5) is 4.39 Å². The number of halogens is 1. The Hall–Kier alpha value is -3.67. The molecular weight excluding hydrogens is 343 g/mol. The van der Waals surface area contributed by atoms with E-state index in [2.05, 4.69) is 20.3 Å². The SMILES string of the molecule is O=C(NCc1ccccn1)c1cc(-c2ccccn2)nc2cc(F)ccc12. The van der Waals surface area contributed by atoms with Gasteiger partial charge in [0.15, 0.2) is 0 Å². The van der Waals surface area contributed by atoms with E-state index in [-0.39, 0.29) is 5.91 Å². The molecule has 0 fully saturated rings. The van der Waals surface area contributed by atoms with Gasteiger partial charge in [-0.2, -0.15) is 0 Å². The number of rotatable bonds is 4. The molecule has 0 bridgehead atoms. The summed E-state index contributed by atoms with van der Waals surface area (Å²) in [5.41, 5.74) is 2.69. The molecule has 0 saturated carbocycles. The molecule has 0 atom stereocenters. The van der Waals surface area contributed by atoms with Crippen LogP contribution < -0.4 is 5.32 Å². The second-order valence-electron chi connectivity index (χ2n) is 5.94. The Balaban J connectivity index is 1.74. The van der Waals surface area contributed by atoms with Gasteiger partial charge in [0, 0.05) is 23.8 Å². The number of amides is 1. The summed E-state index contributed by atoms with van der Waals surface area (Å²) in [5.74, 6) is -0.690. The molecule has 132 valence electrons. The lowest BCUT2D eigenvalue weighted by atomic mass is 10.1.